The fraction of sp³-hybridized carbons (Fsp3) is 0.636. The molecular formula is C11H20N4O5. The van der Waals surface area contributed by atoms with Crippen LogP contribution in [-0.4, -0.2) is 49.1 Å². The number of hydrogen-bond donors (Lipinski definition) is 4. The Morgan fingerprint density at radius 1 is 0.850 bits per heavy atom. The van der Waals surface area contributed by atoms with Gasteiger partial charge in [0, 0.05) is 0 Å². The second-order valence-electron chi connectivity index (χ2n) is 4.22. The topological polar surface area (TPSA) is 140 Å². The van der Waals surface area contributed by atoms with Crippen molar-refractivity contribution in [3.05, 3.63) is 0 Å². The van der Waals surface area contributed by atoms with Gasteiger partial charge in [0.25, 0.3) is 0 Å². The van der Waals surface area contributed by atoms with Gasteiger partial charge in [-0.3, -0.25) is 14.4 Å². The van der Waals surface area contributed by atoms with Crippen molar-refractivity contribution in [2.75, 3.05) is 7.11 Å². The van der Waals surface area contributed by atoms with Crippen LogP contribution in [0.25, 0.3) is 0 Å². The van der Waals surface area contributed by atoms with E-state index in [2.05, 4.69) is 20.7 Å². The number of alkyl carbamates (subject to hydrolysis) is 1. The van der Waals surface area contributed by atoms with Crippen molar-refractivity contribution in [2.45, 2.75) is 38.9 Å². The molecule has 0 spiro atoms. The maximum atomic E-state index is 11.7. The van der Waals surface area contributed by atoms with E-state index in [4.69, 9.17) is 5.73 Å². The fourth-order valence-electron chi connectivity index (χ4n) is 1.11. The monoisotopic (exact) mass is 288 g/mol. The van der Waals surface area contributed by atoms with Crippen LogP contribution in [-0.2, 0) is 19.1 Å². The average molecular weight is 288 g/mol. The van der Waals surface area contributed by atoms with Crippen LogP contribution in [0, 0.1) is 0 Å². The summed E-state index contributed by atoms with van der Waals surface area (Å²) in [7, 11) is 1.17. The van der Waals surface area contributed by atoms with Crippen molar-refractivity contribution in [3.63, 3.8) is 0 Å². The molecule has 0 radical (unpaired) electrons. The number of amides is 4. The van der Waals surface area contributed by atoms with Gasteiger partial charge in [-0.1, -0.05) is 0 Å². The zero-order valence-electron chi connectivity index (χ0n) is 11.9. The Kier molecular flexibility index (Phi) is 7.05. The van der Waals surface area contributed by atoms with E-state index in [-0.39, 0.29) is 0 Å². The highest BCUT2D eigenvalue weighted by molar-refractivity contribution is 5.92. The third-order valence-electron chi connectivity index (χ3n) is 2.45. The van der Waals surface area contributed by atoms with E-state index in [1.165, 1.54) is 27.9 Å². The molecule has 0 heterocycles. The van der Waals surface area contributed by atoms with E-state index in [1.54, 1.807) is 0 Å². The molecule has 0 aromatic carbocycles. The molecular weight excluding hydrogens is 268 g/mol. The summed E-state index contributed by atoms with van der Waals surface area (Å²) < 4.78 is 4.34. The Bertz CT molecular complexity index is 398. The molecule has 114 valence electrons. The third-order valence-corrected chi connectivity index (χ3v) is 2.45. The Labute approximate surface area is 116 Å². The minimum Gasteiger partial charge on any atom is -0.453 e. The first-order valence-corrected chi connectivity index (χ1v) is 5.93. The van der Waals surface area contributed by atoms with Crippen LogP contribution in [0.1, 0.15) is 20.8 Å². The first kappa shape index (κ1) is 17.7. The first-order valence-electron chi connectivity index (χ1n) is 5.93. The van der Waals surface area contributed by atoms with Crippen LogP contribution >= 0.6 is 0 Å². The van der Waals surface area contributed by atoms with E-state index in [1.807, 2.05) is 0 Å². The Morgan fingerprint density at radius 3 is 1.65 bits per heavy atom. The number of carbonyl (C=O) groups excluding carboxylic acids is 4. The van der Waals surface area contributed by atoms with Crippen LogP contribution in [0.3, 0.4) is 0 Å². The third kappa shape index (κ3) is 6.03. The van der Waals surface area contributed by atoms with Crippen molar-refractivity contribution < 1.29 is 23.9 Å². The number of carbonyl (C=O) groups is 4. The summed E-state index contributed by atoms with van der Waals surface area (Å²) in [4.78, 5) is 45.0. The van der Waals surface area contributed by atoms with Gasteiger partial charge in [0.05, 0.1) is 7.11 Å². The van der Waals surface area contributed by atoms with Crippen LogP contribution < -0.4 is 21.7 Å². The molecule has 4 amide bonds. The van der Waals surface area contributed by atoms with E-state index in [0.717, 1.165) is 0 Å². The van der Waals surface area contributed by atoms with Crippen molar-refractivity contribution in [1.29, 1.82) is 0 Å². The van der Waals surface area contributed by atoms with Crippen molar-refractivity contribution in [1.82, 2.24) is 16.0 Å². The molecule has 5 N–H and O–H groups in total. The molecule has 0 aliphatic rings. The molecule has 0 aliphatic heterocycles. The highest BCUT2D eigenvalue weighted by atomic mass is 16.5. The molecule has 3 unspecified atom stereocenters. The highest BCUT2D eigenvalue weighted by Gasteiger charge is 2.22. The molecule has 0 fully saturated rings. The fourth-order valence-corrected chi connectivity index (χ4v) is 1.11. The second kappa shape index (κ2) is 7.97. The molecule has 9 nitrogen and oxygen atoms in total. The molecule has 0 saturated carbocycles. The van der Waals surface area contributed by atoms with Gasteiger partial charge in [-0.05, 0) is 20.8 Å². The number of rotatable bonds is 6. The van der Waals surface area contributed by atoms with Gasteiger partial charge in [0.15, 0.2) is 0 Å². The Hall–Kier alpha value is -2.32. The average Bonchev–Trinajstić information content (AvgIpc) is 2.37. The highest BCUT2D eigenvalue weighted by Crippen LogP contribution is 1.90. The van der Waals surface area contributed by atoms with Gasteiger partial charge in [0.1, 0.15) is 18.1 Å². The van der Waals surface area contributed by atoms with E-state index in [9.17, 15) is 19.2 Å². The van der Waals surface area contributed by atoms with Crippen LogP contribution in [0.4, 0.5) is 4.79 Å². The number of nitrogens with one attached hydrogen (secondary N) is 3. The van der Waals surface area contributed by atoms with Gasteiger partial charge in [-0.2, -0.15) is 0 Å². The summed E-state index contributed by atoms with van der Waals surface area (Å²) in [5.41, 5.74) is 5.00. The number of methoxy groups -OCH3 is 1. The Balaban J connectivity index is 4.34. The maximum absolute atomic E-state index is 11.7. The molecule has 0 saturated heterocycles. The number of ether oxygens (including phenoxy) is 1. The number of hydrogen-bond acceptors (Lipinski definition) is 5. The summed E-state index contributed by atoms with van der Waals surface area (Å²) in [6, 6.07) is -2.59. The van der Waals surface area contributed by atoms with E-state index < -0.39 is 41.9 Å². The normalized spacial score (nSPS) is 14.4. The number of primary amides is 1. The summed E-state index contributed by atoms with van der Waals surface area (Å²) in [5.74, 6) is -1.81. The van der Waals surface area contributed by atoms with Gasteiger partial charge in [-0.25, -0.2) is 4.79 Å². The standard InChI is InChI=1S/C11H20N4O5/c1-5(8(12)16)13-9(17)6(2)14-10(18)7(3)15-11(19)20-4/h5-7H,1-4H3,(H2,12,16)(H,13,17)(H,14,18)(H,15,19). The van der Waals surface area contributed by atoms with Crippen LogP contribution in [0.5, 0.6) is 0 Å². The Morgan fingerprint density at radius 2 is 1.25 bits per heavy atom. The summed E-state index contributed by atoms with van der Waals surface area (Å²) in [5, 5.41) is 6.97. The summed E-state index contributed by atoms with van der Waals surface area (Å²) in [6.45, 7) is 4.30. The second-order valence-corrected chi connectivity index (χ2v) is 4.22. The number of nitrogens with two attached hydrogens (primary N) is 1. The predicted molar refractivity (Wildman–Crippen MR) is 69.4 cm³/mol. The van der Waals surface area contributed by atoms with Crippen molar-refractivity contribution in [2.24, 2.45) is 5.73 Å². The van der Waals surface area contributed by atoms with Gasteiger partial charge in [-0.15, -0.1) is 0 Å². The molecule has 20 heavy (non-hydrogen) atoms. The molecule has 0 aliphatic carbocycles. The van der Waals surface area contributed by atoms with E-state index in [0.29, 0.717) is 0 Å². The smallest absolute Gasteiger partial charge is 0.407 e. The molecule has 0 bridgehead atoms. The summed E-state index contributed by atoms with van der Waals surface area (Å²) >= 11 is 0. The SMILES string of the molecule is COC(=O)NC(C)C(=O)NC(C)C(=O)NC(C)C(N)=O. The van der Waals surface area contributed by atoms with E-state index >= 15 is 0 Å². The lowest BCUT2D eigenvalue weighted by Gasteiger charge is -2.19. The maximum Gasteiger partial charge on any atom is 0.407 e. The quantitative estimate of drug-likeness (QED) is 0.458. The lowest BCUT2D eigenvalue weighted by molar-refractivity contribution is -0.131. The predicted octanol–water partition coefficient (Wildman–Crippen LogP) is -1.77. The molecule has 0 rings (SSSR count). The summed E-state index contributed by atoms with van der Waals surface area (Å²) in [6.07, 6.45) is -0.757. The van der Waals surface area contributed by atoms with Gasteiger partial charge >= 0.3 is 6.09 Å². The van der Waals surface area contributed by atoms with Gasteiger partial charge < -0.3 is 26.4 Å². The zero-order chi connectivity index (χ0) is 15.9. The molecule has 9 heteroatoms. The zero-order valence-corrected chi connectivity index (χ0v) is 11.9. The first-order chi connectivity index (χ1) is 9.18. The minimum atomic E-state index is -0.883. The van der Waals surface area contributed by atoms with Gasteiger partial charge in [0.2, 0.25) is 17.7 Å². The molecule has 0 aromatic heterocycles. The molecule has 3 atom stereocenters. The van der Waals surface area contributed by atoms with Crippen molar-refractivity contribution >= 4 is 23.8 Å². The molecule has 0 aromatic rings. The minimum absolute atomic E-state index is 0.560. The lowest BCUT2D eigenvalue weighted by atomic mass is 10.2. The lowest BCUT2D eigenvalue weighted by Crippen LogP contribution is -2.54. The van der Waals surface area contributed by atoms with Crippen LogP contribution in [0.2, 0.25) is 0 Å². The van der Waals surface area contributed by atoms with Crippen molar-refractivity contribution in [3.8, 4) is 0 Å². The largest absolute Gasteiger partial charge is 0.453 e. The van der Waals surface area contributed by atoms with Crippen LogP contribution in [0.15, 0.2) is 0 Å².